The molecule has 5 nitrogen and oxygen atoms in total. The summed E-state index contributed by atoms with van der Waals surface area (Å²) < 4.78 is 7.71. The third-order valence-corrected chi connectivity index (χ3v) is 3.33. The highest BCUT2D eigenvalue weighted by Gasteiger charge is 2.17. The molecule has 1 N–H and O–H groups in total. The van der Waals surface area contributed by atoms with Crippen molar-refractivity contribution < 1.29 is 4.42 Å². The van der Waals surface area contributed by atoms with Crippen molar-refractivity contribution in [2.45, 2.75) is 39.3 Å². The maximum absolute atomic E-state index is 5.78. The lowest BCUT2D eigenvalue weighted by molar-refractivity contribution is 0.355. The van der Waals surface area contributed by atoms with Crippen LogP contribution in [0.25, 0.3) is 11.1 Å². The Morgan fingerprint density at radius 2 is 2.00 bits per heavy atom. The minimum Gasteiger partial charge on any atom is -0.438 e. The van der Waals surface area contributed by atoms with Crippen LogP contribution in [0.15, 0.2) is 41.1 Å². The second-order valence-corrected chi connectivity index (χ2v) is 6.23. The first-order valence-electron chi connectivity index (χ1n) is 7.10. The zero-order valence-electron chi connectivity index (χ0n) is 12.8. The van der Waals surface area contributed by atoms with Crippen molar-refractivity contribution in [3.63, 3.8) is 0 Å². The van der Waals surface area contributed by atoms with Gasteiger partial charge in [0.2, 0.25) is 5.89 Å². The van der Waals surface area contributed by atoms with Crippen molar-refractivity contribution in [2.24, 2.45) is 0 Å². The summed E-state index contributed by atoms with van der Waals surface area (Å²) in [4.78, 5) is 4.51. The molecule has 2 heterocycles. The van der Waals surface area contributed by atoms with Crippen molar-refractivity contribution in [1.82, 2.24) is 14.8 Å². The Kier molecular flexibility index (Phi) is 3.20. The van der Waals surface area contributed by atoms with Gasteiger partial charge < -0.3 is 9.73 Å². The largest absolute Gasteiger partial charge is 0.438 e. The van der Waals surface area contributed by atoms with E-state index in [1.165, 1.54) is 0 Å². The first kappa shape index (κ1) is 13.7. The molecule has 110 valence electrons. The Morgan fingerprint density at radius 3 is 2.67 bits per heavy atom. The van der Waals surface area contributed by atoms with Gasteiger partial charge in [0.05, 0.1) is 17.4 Å². The summed E-state index contributed by atoms with van der Waals surface area (Å²) in [6.07, 6.45) is 3.82. The van der Waals surface area contributed by atoms with Gasteiger partial charge in [0.25, 0.3) is 0 Å². The number of benzene rings is 1. The number of hydrogen-bond acceptors (Lipinski definition) is 4. The maximum atomic E-state index is 5.78. The molecule has 3 rings (SSSR count). The molecule has 0 saturated heterocycles. The van der Waals surface area contributed by atoms with Crippen LogP contribution in [-0.2, 0) is 5.54 Å². The molecule has 0 bridgehead atoms. The molecule has 0 saturated carbocycles. The normalized spacial score (nSPS) is 13.5. The van der Waals surface area contributed by atoms with Crippen LogP contribution in [0.3, 0.4) is 0 Å². The fourth-order valence-electron chi connectivity index (χ4n) is 2.15. The second-order valence-electron chi connectivity index (χ2n) is 6.23. The van der Waals surface area contributed by atoms with Gasteiger partial charge in [-0.1, -0.05) is 12.1 Å². The van der Waals surface area contributed by atoms with Crippen molar-refractivity contribution in [3.8, 4) is 0 Å². The summed E-state index contributed by atoms with van der Waals surface area (Å²) >= 11 is 0. The predicted molar refractivity (Wildman–Crippen MR) is 83.3 cm³/mol. The lowest BCUT2D eigenvalue weighted by atomic mass is 10.1. The average molecular weight is 284 g/mol. The van der Waals surface area contributed by atoms with Gasteiger partial charge in [-0.3, -0.25) is 4.68 Å². The van der Waals surface area contributed by atoms with E-state index in [1.807, 2.05) is 48.3 Å². The van der Waals surface area contributed by atoms with Gasteiger partial charge in [-0.25, -0.2) is 4.98 Å². The van der Waals surface area contributed by atoms with E-state index in [-0.39, 0.29) is 11.6 Å². The van der Waals surface area contributed by atoms with Gasteiger partial charge in [-0.15, -0.1) is 0 Å². The average Bonchev–Trinajstić information content (AvgIpc) is 3.03. The minimum absolute atomic E-state index is 0.0185. The third-order valence-electron chi connectivity index (χ3n) is 3.33. The zero-order valence-corrected chi connectivity index (χ0v) is 12.8. The number of nitrogens with one attached hydrogen (secondary N) is 1. The number of anilines is 1. The van der Waals surface area contributed by atoms with E-state index >= 15 is 0 Å². The van der Waals surface area contributed by atoms with E-state index < -0.39 is 0 Å². The molecule has 0 amide bonds. The summed E-state index contributed by atoms with van der Waals surface area (Å²) in [6, 6.07) is 7.76. The number of fused-ring (bicyclic) bond motifs is 1. The van der Waals surface area contributed by atoms with Crippen LogP contribution in [0, 0.1) is 0 Å². The molecule has 0 aliphatic carbocycles. The number of nitrogens with zero attached hydrogens (tertiary/aromatic N) is 3. The summed E-state index contributed by atoms with van der Waals surface area (Å²) in [6.45, 7) is 8.38. The first-order valence-corrected chi connectivity index (χ1v) is 7.10. The van der Waals surface area contributed by atoms with Crippen LogP contribution in [0.4, 0.5) is 5.69 Å². The monoisotopic (exact) mass is 284 g/mol. The highest BCUT2D eigenvalue weighted by atomic mass is 16.3. The van der Waals surface area contributed by atoms with Gasteiger partial charge in [0.1, 0.15) is 11.6 Å². The van der Waals surface area contributed by atoms with Crippen molar-refractivity contribution in [2.75, 3.05) is 5.32 Å². The highest BCUT2D eigenvalue weighted by molar-refractivity contribution is 5.72. The molecular weight excluding hydrogens is 264 g/mol. The molecule has 2 aromatic heterocycles. The van der Waals surface area contributed by atoms with Crippen molar-refractivity contribution >= 4 is 16.8 Å². The molecule has 0 fully saturated rings. The quantitative estimate of drug-likeness (QED) is 0.791. The Bertz CT molecular complexity index is 718. The van der Waals surface area contributed by atoms with Crippen molar-refractivity contribution in [3.05, 3.63) is 42.5 Å². The molecule has 21 heavy (non-hydrogen) atoms. The van der Waals surface area contributed by atoms with Gasteiger partial charge >= 0.3 is 0 Å². The van der Waals surface area contributed by atoms with E-state index in [4.69, 9.17) is 4.42 Å². The van der Waals surface area contributed by atoms with Crippen LogP contribution in [-0.4, -0.2) is 14.8 Å². The second kappa shape index (κ2) is 4.91. The van der Waals surface area contributed by atoms with E-state index in [0.717, 1.165) is 16.8 Å². The van der Waals surface area contributed by atoms with Crippen LogP contribution in [0.2, 0.25) is 0 Å². The number of para-hydroxylation sites is 2. The fourth-order valence-corrected chi connectivity index (χ4v) is 2.15. The fraction of sp³-hybridized carbons (Fsp3) is 0.375. The number of oxazole rings is 1. The van der Waals surface area contributed by atoms with E-state index in [0.29, 0.717) is 5.89 Å². The molecule has 5 heteroatoms. The van der Waals surface area contributed by atoms with Crippen molar-refractivity contribution in [1.29, 1.82) is 0 Å². The molecule has 0 aliphatic heterocycles. The zero-order chi connectivity index (χ0) is 15.0. The minimum atomic E-state index is -0.0270. The van der Waals surface area contributed by atoms with Gasteiger partial charge in [-0.05, 0) is 39.8 Å². The summed E-state index contributed by atoms with van der Waals surface area (Å²) in [5, 5.41) is 7.75. The molecular formula is C16H20N4O. The lowest BCUT2D eigenvalue weighted by Crippen LogP contribution is -2.21. The SMILES string of the molecule is C[C@H](Nc1cnn(C(C)(C)C)c1)c1nc2ccccc2o1. The van der Waals surface area contributed by atoms with E-state index in [1.54, 1.807) is 0 Å². The Hall–Kier alpha value is -2.30. The first-order chi connectivity index (χ1) is 9.93. The summed E-state index contributed by atoms with van der Waals surface area (Å²) in [5.41, 5.74) is 2.62. The maximum Gasteiger partial charge on any atom is 0.217 e. The molecule has 1 aromatic carbocycles. The number of rotatable bonds is 3. The number of aromatic nitrogens is 3. The van der Waals surface area contributed by atoms with Crippen LogP contribution in [0.5, 0.6) is 0 Å². The standard InChI is InChI=1S/C16H20N4O/c1-11(15-19-13-7-5-6-8-14(13)21-15)18-12-9-17-20(10-12)16(2,3)4/h5-11,18H,1-4H3/t11-/m0/s1. The molecule has 0 radical (unpaired) electrons. The highest BCUT2D eigenvalue weighted by Crippen LogP contribution is 2.23. The molecule has 1 atom stereocenters. The topological polar surface area (TPSA) is 55.9 Å². The Labute approximate surface area is 124 Å². The smallest absolute Gasteiger partial charge is 0.217 e. The lowest BCUT2D eigenvalue weighted by Gasteiger charge is -2.18. The van der Waals surface area contributed by atoms with Gasteiger partial charge in [-0.2, -0.15) is 5.10 Å². The van der Waals surface area contributed by atoms with Gasteiger partial charge in [0, 0.05) is 6.20 Å². The predicted octanol–water partition coefficient (Wildman–Crippen LogP) is 3.95. The molecule has 0 unspecified atom stereocenters. The summed E-state index contributed by atoms with van der Waals surface area (Å²) in [5.74, 6) is 0.680. The summed E-state index contributed by atoms with van der Waals surface area (Å²) in [7, 11) is 0. The van der Waals surface area contributed by atoms with Crippen LogP contribution >= 0.6 is 0 Å². The molecule has 0 aliphatic rings. The molecule has 0 spiro atoms. The van der Waals surface area contributed by atoms with Crippen LogP contribution in [0.1, 0.15) is 39.6 Å². The Balaban J connectivity index is 1.79. The van der Waals surface area contributed by atoms with Crippen LogP contribution < -0.4 is 5.32 Å². The van der Waals surface area contributed by atoms with E-state index in [9.17, 15) is 0 Å². The third kappa shape index (κ3) is 2.77. The number of hydrogen-bond donors (Lipinski definition) is 1. The van der Waals surface area contributed by atoms with Gasteiger partial charge in [0.15, 0.2) is 5.58 Å². The molecule has 3 aromatic rings. The Morgan fingerprint density at radius 1 is 1.24 bits per heavy atom. The van der Waals surface area contributed by atoms with E-state index in [2.05, 4.69) is 36.2 Å².